The molecule has 0 aromatic heterocycles. The van der Waals surface area contributed by atoms with Crippen molar-refractivity contribution in [2.45, 2.75) is 32.6 Å². The fourth-order valence-electron chi connectivity index (χ4n) is 3.08. The third kappa shape index (κ3) is 3.51. The molecule has 0 saturated carbocycles. The summed E-state index contributed by atoms with van der Waals surface area (Å²) in [6.45, 7) is 3.69. The molecule has 24 heavy (non-hydrogen) atoms. The van der Waals surface area contributed by atoms with Gasteiger partial charge in [-0.05, 0) is 31.0 Å². The van der Waals surface area contributed by atoms with Crippen molar-refractivity contribution in [3.05, 3.63) is 46.1 Å². The molecule has 2 rings (SSSR count). The molecule has 0 bridgehead atoms. The average molecular weight is 350 g/mol. The van der Waals surface area contributed by atoms with Gasteiger partial charge in [0.15, 0.2) is 0 Å². The van der Waals surface area contributed by atoms with E-state index in [9.17, 15) is 14.7 Å². The maximum atomic E-state index is 12.3. The highest BCUT2D eigenvalue weighted by Gasteiger charge is 2.42. The van der Waals surface area contributed by atoms with Gasteiger partial charge in [-0.25, -0.2) is 4.79 Å². The topological polar surface area (TPSA) is 76.0 Å². The number of carboxylic acids is 1. The molecule has 1 N–H and O–H groups in total. The van der Waals surface area contributed by atoms with Crippen molar-refractivity contribution in [2.24, 2.45) is 10.9 Å². The highest BCUT2D eigenvalue weighted by atomic mass is 35.5. The number of nitrogens with zero attached hydrogens (tertiary/aromatic N) is 1. The predicted molar refractivity (Wildman–Crippen MR) is 92.4 cm³/mol. The van der Waals surface area contributed by atoms with Gasteiger partial charge in [0, 0.05) is 16.7 Å². The SMILES string of the molecule is CCCC1=C(C(=O)O)C(c2ccc(Cl)cc2)C(C(=O)OC)C(C)=N1. The van der Waals surface area contributed by atoms with Gasteiger partial charge < -0.3 is 9.84 Å². The monoisotopic (exact) mass is 349 g/mol. The zero-order valence-electron chi connectivity index (χ0n) is 13.9. The van der Waals surface area contributed by atoms with Crippen LogP contribution in [0.3, 0.4) is 0 Å². The number of halogens is 1. The van der Waals surface area contributed by atoms with E-state index in [0.717, 1.165) is 6.42 Å². The highest BCUT2D eigenvalue weighted by molar-refractivity contribution is 6.30. The molecule has 0 aliphatic carbocycles. The lowest BCUT2D eigenvalue weighted by atomic mass is 9.75. The second-order valence-electron chi connectivity index (χ2n) is 5.70. The van der Waals surface area contributed by atoms with Crippen LogP contribution in [0.15, 0.2) is 40.5 Å². The number of methoxy groups -OCH3 is 1. The lowest BCUT2D eigenvalue weighted by Crippen LogP contribution is -2.36. The van der Waals surface area contributed by atoms with E-state index < -0.39 is 23.8 Å². The number of allylic oxidation sites excluding steroid dienone is 1. The zero-order chi connectivity index (χ0) is 17.9. The highest BCUT2D eigenvalue weighted by Crippen LogP contribution is 2.40. The Morgan fingerprint density at radius 3 is 2.42 bits per heavy atom. The summed E-state index contributed by atoms with van der Waals surface area (Å²) in [6.07, 6.45) is 1.30. The van der Waals surface area contributed by atoms with Crippen LogP contribution in [-0.2, 0) is 14.3 Å². The largest absolute Gasteiger partial charge is 0.478 e. The van der Waals surface area contributed by atoms with Gasteiger partial charge >= 0.3 is 11.9 Å². The molecule has 1 aromatic rings. The average Bonchev–Trinajstić information content (AvgIpc) is 2.54. The first-order valence-electron chi connectivity index (χ1n) is 7.75. The van der Waals surface area contributed by atoms with Crippen molar-refractivity contribution >= 4 is 29.3 Å². The fraction of sp³-hybridized carbons (Fsp3) is 0.389. The van der Waals surface area contributed by atoms with E-state index in [4.69, 9.17) is 16.3 Å². The minimum absolute atomic E-state index is 0.153. The molecule has 0 fully saturated rings. The Hall–Kier alpha value is -2.14. The van der Waals surface area contributed by atoms with Crippen molar-refractivity contribution < 1.29 is 19.4 Å². The molecule has 1 aromatic carbocycles. The molecule has 128 valence electrons. The molecule has 1 heterocycles. The van der Waals surface area contributed by atoms with Gasteiger partial charge in [0.1, 0.15) is 5.92 Å². The van der Waals surface area contributed by atoms with Crippen LogP contribution in [0.4, 0.5) is 0 Å². The van der Waals surface area contributed by atoms with Gasteiger partial charge in [0.25, 0.3) is 0 Å². The molecule has 2 unspecified atom stereocenters. The Kier molecular flexibility index (Phi) is 5.78. The van der Waals surface area contributed by atoms with Crippen molar-refractivity contribution in [2.75, 3.05) is 7.11 Å². The first-order valence-corrected chi connectivity index (χ1v) is 8.13. The maximum absolute atomic E-state index is 12.3. The second kappa shape index (κ2) is 7.62. The molecule has 0 spiro atoms. The van der Waals surface area contributed by atoms with Crippen LogP contribution < -0.4 is 0 Å². The first kappa shape index (κ1) is 18.2. The van der Waals surface area contributed by atoms with E-state index in [1.807, 2.05) is 6.92 Å². The van der Waals surface area contributed by atoms with Crippen molar-refractivity contribution in [1.82, 2.24) is 0 Å². The van der Waals surface area contributed by atoms with Crippen LogP contribution >= 0.6 is 11.6 Å². The van der Waals surface area contributed by atoms with Crippen LogP contribution in [0.5, 0.6) is 0 Å². The maximum Gasteiger partial charge on any atom is 0.334 e. The lowest BCUT2D eigenvalue weighted by Gasteiger charge is -2.31. The van der Waals surface area contributed by atoms with Crippen LogP contribution in [0, 0.1) is 5.92 Å². The number of hydrogen-bond acceptors (Lipinski definition) is 4. The molecule has 2 atom stereocenters. The van der Waals surface area contributed by atoms with E-state index in [0.29, 0.717) is 28.4 Å². The van der Waals surface area contributed by atoms with Crippen LogP contribution in [0.1, 0.15) is 38.2 Å². The number of aliphatic carboxylic acids is 1. The number of hydrogen-bond donors (Lipinski definition) is 1. The molecular formula is C18H20ClNO4. The van der Waals surface area contributed by atoms with E-state index >= 15 is 0 Å². The number of carbonyl (C=O) groups is 2. The molecule has 0 radical (unpaired) electrons. The Balaban J connectivity index is 2.67. The molecule has 5 nitrogen and oxygen atoms in total. The number of benzene rings is 1. The van der Waals surface area contributed by atoms with Gasteiger partial charge in [-0.15, -0.1) is 0 Å². The molecule has 1 aliphatic rings. The summed E-state index contributed by atoms with van der Waals surface area (Å²) in [5.74, 6) is -2.97. The number of ether oxygens (including phenoxy) is 1. The Morgan fingerprint density at radius 2 is 1.92 bits per heavy atom. The van der Waals surface area contributed by atoms with Gasteiger partial charge in [-0.3, -0.25) is 9.79 Å². The number of rotatable bonds is 5. The van der Waals surface area contributed by atoms with Gasteiger partial charge in [-0.1, -0.05) is 37.1 Å². The van der Waals surface area contributed by atoms with E-state index in [1.165, 1.54) is 7.11 Å². The van der Waals surface area contributed by atoms with E-state index in [-0.39, 0.29) is 5.57 Å². The Morgan fingerprint density at radius 1 is 1.29 bits per heavy atom. The smallest absolute Gasteiger partial charge is 0.334 e. The van der Waals surface area contributed by atoms with Crippen molar-refractivity contribution in [1.29, 1.82) is 0 Å². The standard InChI is InChI=1S/C18H20ClNO4/c1-4-5-13-16(17(21)22)15(11-6-8-12(19)9-7-11)14(10(2)20-13)18(23)24-3/h6-9,14-15H,4-5H2,1-3H3,(H,21,22). The molecular weight excluding hydrogens is 330 g/mol. The zero-order valence-corrected chi connectivity index (χ0v) is 14.6. The Bertz CT molecular complexity index is 706. The molecule has 1 aliphatic heterocycles. The van der Waals surface area contributed by atoms with Crippen LogP contribution in [-0.4, -0.2) is 29.9 Å². The quantitative estimate of drug-likeness (QED) is 0.820. The minimum Gasteiger partial charge on any atom is -0.478 e. The normalized spacial score (nSPS) is 20.6. The molecule has 6 heteroatoms. The summed E-state index contributed by atoms with van der Waals surface area (Å²) >= 11 is 5.94. The summed E-state index contributed by atoms with van der Waals surface area (Å²) < 4.78 is 4.90. The third-order valence-corrected chi connectivity index (χ3v) is 4.37. The minimum atomic E-state index is -1.07. The van der Waals surface area contributed by atoms with Crippen LogP contribution in [0.2, 0.25) is 5.02 Å². The fourth-order valence-corrected chi connectivity index (χ4v) is 3.20. The summed E-state index contributed by atoms with van der Waals surface area (Å²) in [7, 11) is 1.29. The number of esters is 1. The number of carboxylic acid groups (broad SMARTS) is 1. The van der Waals surface area contributed by atoms with Gasteiger partial charge in [0.05, 0.1) is 18.4 Å². The summed E-state index contributed by atoms with van der Waals surface area (Å²) in [4.78, 5) is 28.7. The van der Waals surface area contributed by atoms with Gasteiger partial charge in [-0.2, -0.15) is 0 Å². The van der Waals surface area contributed by atoms with E-state index in [2.05, 4.69) is 4.99 Å². The predicted octanol–water partition coefficient (Wildman–Crippen LogP) is 3.83. The molecule has 0 amide bonds. The summed E-state index contributed by atoms with van der Waals surface area (Å²) in [6, 6.07) is 6.86. The summed E-state index contributed by atoms with van der Waals surface area (Å²) in [5.41, 5.74) is 1.94. The number of carbonyl (C=O) groups excluding carboxylic acids is 1. The Labute approximate surface area is 146 Å². The van der Waals surface area contributed by atoms with Gasteiger partial charge in [0.2, 0.25) is 0 Å². The first-order chi connectivity index (χ1) is 11.4. The van der Waals surface area contributed by atoms with E-state index in [1.54, 1.807) is 31.2 Å². The second-order valence-corrected chi connectivity index (χ2v) is 6.14. The van der Waals surface area contributed by atoms with Crippen molar-refractivity contribution in [3.63, 3.8) is 0 Å². The summed E-state index contributed by atoms with van der Waals surface area (Å²) in [5, 5.41) is 10.3. The van der Waals surface area contributed by atoms with Crippen molar-refractivity contribution in [3.8, 4) is 0 Å². The third-order valence-electron chi connectivity index (χ3n) is 4.12. The molecule has 0 saturated heterocycles. The van der Waals surface area contributed by atoms with Crippen LogP contribution in [0.25, 0.3) is 0 Å². The lowest BCUT2D eigenvalue weighted by molar-refractivity contribution is -0.143. The number of aliphatic imine (C=N–C) groups is 1.